The topological polar surface area (TPSA) is 84.0 Å². The fraction of sp³-hybridized carbons (Fsp3) is 0.946. The molecule has 4 atom stereocenters. The molecule has 5 saturated carbocycles. The molecule has 4 bridgehead atoms. The van der Waals surface area contributed by atoms with Crippen LogP contribution >= 0.6 is 0 Å². The highest BCUT2D eigenvalue weighted by molar-refractivity contribution is 5.80. The minimum atomic E-state index is 0.419. The van der Waals surface area contributed by atoms with E-state index >= 15 is 0 Å². The second-order valence-electron chi connectivity index (χ2n) is 17.0. The predicted molar refractivity (Wildman–Crippen MR) is 184 cm³/mol. The highest BCUT2D eigenvalue weighted by atomic mass is 15.4. The van der Waals surface area contributed by atoms with Crippen molar-refractivity contribution in [1.82, 2.24) is 20.0 Å². The number of nitrogens with one attached hydrogen (secondary N) is 2. The highest BCUT2D eigenvalue weighted by Gasteiger charge is 2.50. The van der Waals surface area contributed by atoms with Crippen LogP contribution in [0, 0.1) is 40.4 Å². The molecule has 0 aromatic heterocycles. The molecule has 0 aromatic carbocycles. The van der Waals surface area contributed by atoms with Crippen LogP contribution in [0.4, 0.5) is 0 Å². The summed E-state index contributed by atoms with van der Waals surface area (Å²) in [6, 6.07) is 1.86. The van der Waals surface area contributed by atoms with Gasteiger partial charge in [0.2, 0.25) is 0 Å². The van der Waals surface area contributed by atoms with Crippen molar-refractivity contribution >= 4 is 12.3 Å². The van der Waals surface area contributed by atoms with Crippen molar-refractivity contribution in [2.24, 2.45) is 45.7 Å². The van der Waals surface area contributed by atoms with Crippen LogP contribution in [0.15, 0.2) is 4.99 Å². The Bertz CT molecular complexity index is 922. The van der Waals surface area contributed by atoms with E-state index in [1.807, 2.05) is 0 Å². The largest absolute Gasteiger partial charge is 0.370 e. The Labute approximate surface area is 270 Å². The number of nitrogens with two attached hydrogens (primary N) is 1. The van der Waals surface area contributed by atoms with Crippen molar-refractivity contribution in [1.29, 1.82) is 5.41 Å². The molecule has 1 saturated heterocycles. The number of nitrogens with zero attached hydrogens (tertiary/aromatic N) is 4. The van der Waals surface area contributed by atoms with Crippen LogP contribution in [0.5, 0.6) is 0 Å². The van der Waals surface area contributed by atoms with Crippen molar-refractivity contribution in [3.63, 3.8) is 0 Å². The molecule has 6 fully saturated rings. The SMILES string of the molecule is CCC[C@H](CN(C=N)[C@H](CC1CCCCC1)CN1CCC[C@H]1CN1C(N)=NC[C@H]1C(C)C)NCC12CC3CC(CC(C3)C1)C2. The van der Waals surface area contributed by atoms with Crippen LogP contribution in [-0.4, -0.2) is 90.4 Å². The van der Waals surface area contributed by atoms with Crippen LogP contribution < -0.4 is 11.1 Å². The molecule has 0 spiro atoms. The monoisotopic (exact) mass is 610 g/mol. The lowest BCUT2D eigenvalue weighted by Gasteiger charge is -2.57. The van der Waals surface area contributed by atoms with E-state index in [1.165, 1.54) is 116 Å². The first-order chi connectivity index (χ1) is 21.3. The molecule has 0 radical (unpaired) electrons. The molecule has 5 aliphatic carbocycles. The van der Waals surface area contributed by atoms with Gasteiger partial charge in [0.1, 0.15) is 0 Å². The van der Waals surface area contributed by atoms with Crippen LogP contribution in [0.25, 0.3) is 0 Å². The lowest BCUT2D eigenvalue weighted by Crippen LogP contribution is -2.55. The minimum absolute atomic E-state index is 0.419. The van der Waals surface area contributed by atoms with Crippen molar-refractivity contribution in [3.8, 4) is 0 Å². The summed E-state index contributed by atoms with van der Waals surface area (Å²) < 4.78 is 0. The number of guanidine groups is 1. The number of aliphatic imine (C=N–C) groups is 1. The summed E-state index contributed by atoms with van der Waals surface area (Å²) in [6.45, 7) is 13.3. The Morgan fingerprint density at radius 2 is 1.75 bits per heavy atom. The molecule has 0 aromatic rings. The lowest BCUT2D eigenvalue weighted by molar-refractivity contribution is -0.0528. The Morgan fingerprint density at radius 1 is 1.05 bits per heavy atom. The van der Waals surface area contributed by atoms with E-state index in [2.05, 4.69) is 45.8 Å². The highest BCUT2D eigenvalue weighted by Crippen LogP contribution is 2.59. The predicted octanol–water partition coefficient (Wildman–Crippen LogP) is 6.33. The Morgan fingerprint density at radius 3 is 2.39 bits per heavy atom. The zero-order valence-electron chi connectivity index (χ0n) is 28.7. The van der Waals surface area contributed by atoms with E-state index in [0.717, 1.165) is 55.8 Å². The summed E-state index contributed by atoms with van der Waals surface area (Å²) in [7, 11) is 0. The molecule has 7 rings (SSSR count). The second kappa shape index (κ2) is 14.6. The first-order valence-electron chi connectivity index (χ1n) is 19.1. The fourth-order valence-electron chi connectivity index (χ4n) is 11.3. The van der Waals surface area contributed by atoms with Gasteiger partial charge in [-0.15, -0.1) is 0 Å². The molecule has 2 aliphatic heterocycles. The third kappa shape index (κ3) is 7.61. The average Bonchev–Trinajstić information content (AvgIpc) is 3.60. The van der Waals surface area contributed by atoms with Crippen molar-refractivity contribution in [3.05, 3.63) is 0 Å². The second-order valence-corrected chi connectivity index (χ2v) is 17.0. The summed E-state index contributed by atoms with van der Waals surface area (Å²) in [6.07, 6.45) is 23.9. The Balaban J connectivity index is 1.12. The number of hydrogen-bond donors (Lipinski definition) is 3. The average molecular weight is 610 g/mol. The van der Waals surface area contributed by atoms with Crippen molar-refractivity contribution in [2.75, 3.05) is 39.3 Å². The fourth-order valence-corrected chi connectivity index (χ4v) is 11.3. The zero-order valence-corrected chi connectivity index (χ0v) is 28.7. The third-order valence-corrected chi connectivity index (χ3v) is 13.2. The maximum atomic E-state index is 8.72. The van der Waals surface area contributed by atoms with E-state index in [0.29, 0.717) is 35.5 Å². The normalized spacial score (nSPS) is 35.4. The first-order valence-corrected chi connectivity index (χ1v) is 19.1. The first kappa shape index (κ1) is 32.6. The third-order valence-electron chi connectivity index (χ3n) is 13.2. The maximum absolute atomic E-state index is 8.72. The molecule has 0 unspecified atom stereocenters. The van der Waals surface area contributed by atoms with Crippen molar-refractivity contribution in [2.45, 2.75) is 148 Å². The van der Waals surface area contributed by atoms with Gasteiger partial charge in [-0.2, -0.15) is 0 Å². The molecule has 250 valence electrons. The molecule has 7 aliphatic rings. The van der Waals surface area contributed by atoms with Gasteiger partial charge in [0.25, 0.3) is 0 Å². The van der Waals surface area contributed by atoms with E-state index < -0.39 is 0 Å². The van der Waals surface area contributed by atoms with E-state index in [1.54, 1.807) is 6.34 Å². The van der Waals surface area contributed by atoms with Gasteiger partial charge in [-0.1, -0.05) is 59.3 Å². The smallest absolute Gasteiger partial charge is 0.191 e. The summed E-state index contributed by atoms with van der Waals surface area (Å²) >= 11 is 0. The summed E-state index contributed by atoms with van der Waals surface area (Å²) in [5, 5.41) is 12.9. The molecule has 44 heavy (non-hydrogen) atoms. The van der Waals surface area contributed by atoms with E-state index in [4.69, 9.17) is 11.1 Å². The maximum Gasteiger partial charge on any atom is 0.191 e. The number of hydrogen-bond acceptors (Lipinski definition) is 6. The summed E-state index contributed by atoms with van der Waals surface area (Å²) in [4.78, 5) is 12.3. The van der Waals surface area contributed by atoms with Crippen LogP contribution in [-0.2, 0) is 0 Å². The van der Waals surface area contributed by atoms with Gasteiger partial charge in [-0.3, -0.25) is 15.3 Å². The molecule has 7 heteroatoms. The molecular formula is C37H67N7. The molecular weight excluding hydrogens is 542 g/mol. The number of likely N-dealkylation sites (tertiary alicyclic amines) is 1. The summed E-state index contributed by atoms with van der Waals surface area (Å²) in [5.41, 5.74) is 7.01. The summed E-state index contributed by atoms with van der Waals surface area (Å²) in [5.74, 6) is 5.16. The molecule has 2 heterocycles. The van der Waals surface area contributed by atoms with Crippen LogP contribution in [0.3, 0.4) is 0 Å². The van der Waals surface area contributed by atoms with Gasteiger partial charge in [-0.25, -0.2) is 0 Å². The van der Waals surface area contributed by atoms with Gasteiger partial charge in [0.15, 0.2) is 5.96 Å². The Hall–Kier alpha value is -1.34. The minimum Gasteiger partial charge on any atom is -0.370 e. The quantitative estimate of drug-likeness (QED) is 0.141. The number of rotatable bonds is 16. The zero-order chi connectivity index (χ0) is 30.7. The Kier molecular flexibility index (Phi) is 10.8. The van der Waals surface area contributed by atoms with Crippen LogP contribution in [0.2, 0.25) is 0 Å². The van der Waals surface area contributed by atoms with E-state index in [9.17, 15) is 0 Å². The van der Waals surface area contributed by atoms with Gasteiger partial charge in [0, 0.05) is 44.3 Å². The van der Waals surface area contributed by atoms with Gasteiger partial charge in [-0.05, 0) is 106 Å². The molecule has 4 N–H and O–H groups in total. The van der Waals surface area contributed by atoms with Gasteiger partial charge in [0.05, 0.1) is 18.9 Å². The molecule has 7 nitrogen and oxygen atoms in total. The standard InChI is InChI=1S/C37H67N7/c1-4-9-32(41-25-37-18-29-14-30(19-37)16-31(15-29)20-37)22-43(26-38)34(17-28-10-6-5-7-11-28)23-42-13-8-12-33(42)24-44-35(27(2)3)21-40-36(44)39/h26-35,38,41H,4-25H2,1-3H3,(H2,39,40)/t29?,30?,31?,32-,33+,34-,35+,37?/m1/s1. The lowest BCUT2D eigenvalue weighted by atomic mass is 9.49. The van der Waals surface area contributed by atoms with Gasteiger partial charge >= 0.3 is 0 Å². The van der Waals surface area contributed by atoms with Crippen LogP contribution in [0.1, 0.15) is 124 Å². The van der Waals surface area contributed by atoms with Crippen molar-refractivity contribution < 1.29 is 0 Å². The van der Waals surface area contributed by atoms with E-state index in [-0.39, 0.29) is 0 Å². The van der Waals surface area contributed by atoms with Gasteiger partial charge < -0.3 is 20.9 Å². The molecule has 0 amide bonds.